The molecule has 0 amide bonds. The van der Waals surface area contributed by atoms with Crippen molar-refractivity contribution in [3.63, 3.8) is 0 Å². The van der Waals surface area contributed by atoms with Gasteiger partial charge in [-0.2, -0.15) is 0 Å². The van der Waals surface area contributed by atoms with Crippen LogP contribution in [0.3, 0.4) is 0 Å². The van der Waals surface area contributed by atoms with E-state index in [4.69, 9.17) is 0 Å². The molecule has 1 aliphatic heterocycles. The largest absolute Gasteiger partial charge is 0.371 e. The monoisotopic (exact) mass is 236 g/mol. The van der Waals surface area contributed by atoms with Crippen molar-refractivity contribution < 1.29 is 4.39 Å². The Morgan fingerprint density at radius 1 is 1.47 bits per heavy atom. The second kappa shape index (κ2) is 5.50. The molecule has 94 valence electrons. The van der Waals surface area contributed by atoms with Crippen molar-refractivity contribution in [2.45, 2.75) is 26.3 Å². The van der Waals surface area contributed by atoms with E-state index in [-0.39, 0.29) is 5.82 Å². The van der Waals surface area contributed by atoms with Crippen molar-refractivity contribution in [3.05, 3.63) is 30.1 Å². The van der Waals surface area contributed by atoms with Gasteiger partial charge in [0.1, 0.15) is 5.82 Å². The molecule has 0 aliphatic carbocycles. The normalized spacial score (nSPS) is 23.9. The summed E-state index contributed by atoms with van der Waals surface area (Å²) >= 11 is 0. The number of halogens is 1. The van der Waals surface area contributed by atoms with Gasteiger partial charge in [0.05, 0.1) is 0 Å². The van der Waals surface area contributed by atoms with Crippen molar-refractivity contribution in [1.82, 2.24) is 5.32 Å². The quantitative estimate of drug-likeness (QED) is 0.864. The van der Waals surface area contributed by atoms with Crippen molar-refractivity contribution in [1.29, 1.82) is 0 Å². The first-order valence-corrected chi connectivity index (χ1v) is 6.44. The Morgan fingerprint density at radius 3 is 2.88 bits per heavy atom. The van der Waals surface area contributed by atoms with Crippen molar-refractivity contribution in [2.75, 3.05) is 24.5 Å². The summed E-state index contributed by atoms with van der Waals surface area (Å²) in [5.41, 5.74) is 0.992. The van der Waals surface area contributed by atoms with E-state index >= 15 is 0 Å². The number of nitrogens with one attached hydrogen (secondary N) is 1. The zero-order valence-electron chi connectivity index (χ0n) is 10.6. The Bertz CT molecular complexity index is 367. The highest BCUT2D eigenvalue weighted by molar-refractivity contribution is 5.46. The zero-order valence-corrected chi connectivity index (χ0v) is 10.6. The lowest BCUT2D eigenvalue weighted by Gasteiger charge is -2.28. The molecule has 1 heterocycles. The third kappa shape index (κ3) is 2.97. The van der Waals surface area contributed by atoms with Crippen LogP contribution in [0.25, 0.3) is 0 Å². The summed E-state index contributed by atoms with van der Waals surface area (Å²) in [4.78, 5) is 2.26. The first-order valence-electron chi connectivity index (χ1n) is 6.44. The molecule has 0 saturated carbocycles. The third-order valence-electron chi connectivity index (χ3n) is 3.70. The van der Waals surface area contributed by atoms with Gasteiger partial charge in [-0.05, 0) is 50.9 Å². The molecule has 3 heteroatoms. The predicted octanol–water partition coefficient (Wildman–Crippen LogP) is 2.65. The van der Waals surface area contributed by atoms with Crippen LogP contribution in [0.2, 0.25) is 0 Å². The lowest BCUT2D eigenvalue weighted by molar-refractivity contribution is 0.471. The van der Waals surface area contributed by atoms with Crippen molar-refractivity contribution in [3.8, 4) is 0 Å². The van der Waals surface area contributed by atoms with E-state index in [1.165, 1.54) is 12.5 Å². The molecule has 0 bridgehead atoms. The molecular weight excluding hydrogens is 215 g/mol. The van der Waals surface area contributed by atoms with Gasteiger partial charge in [-0.15, -0.1) is 0 Å². The van der Waals surface area contributed by atoms with Gasteiger partial charge in [0.2, 0.25) is 0 Å². The topological polar surface area (TPSA) is 15.3 Å². The second-order valence-electron chi connectivity index (χ2n) is 4.81. The maximum atomic E-state index is 13.2. The minimum Gasteiger partial charge on any atom is -0.371 e. The van der Waals surface area contributed by atoms with Gasteiger partial charge in [0.25, 0.3) is 0 Å². The number of anilines is 1. The lowest BCUT2D eigenvalue weighted by atomic mass is 10.0. The predicted molar refractivity (Wildman–Crippen MR) is 69.9 cm³/mol. The van der Waals surface area contributed by atoms with Gasteiger partial charge in [0, 0.05) is 24.8 Å². The maximum Gasteiger partial charge on any atom is 0.125 e. The van der Waals surface area contributed by atoms with Gasteiger partial charge in [-0.1, -0.05) is 6.07 Å². The van der Waals surface area contributed by atoms with E-state index in [1.807, 2.05) is 6.07 Å². The lowest BCUT2D eigenvalue weighted by Crippen LogP contribution is -2.34. The average molecular weight is 236 g/mol. The summed E-state index contributed by atoms with van der Waals surface area (Å²) in [6, 6.07) is 7.45. The molecule has 2 atom stereocenters. The van der Waals surface area contributed by atoms with Crippen LogP contribution < -0.4 is 10.2 Å². The molecular formula is C14H21FN2. The zero-order chi connectivity index (χ0) is 12.3. The Labute approximate surface area is 103 Å². The Kier molecular flexibility index (Phi) is 4.00. The molecule has 0 aromatic heterocycles. The van der Waals surface area contributed by atoms with Gasteiger partial charge >= 0.3 is 0 Å². The Balaban J connectivity index is 2.06. The van der Waals surface area contributed by atoms with Crippen LogP contribution in [-0.4, -0.2) is 25.7 Å². The van der Waals surface area contributed by atoms with E-state index in [9.17, 15) is 4.39 Å². The van der Waals surface area contributed by atoms with Crippen LogP contribution in [0, 0.1) is 11.7 Å². The Hall–Kier alpha value is -1.09. The number of hydrogen-bond acceptors (Lipinski definition) is 2. The number of rotatable bonds is 4. The summed E-state index contributed by atoms with van der Waals surface area (Å²) in [5.74, 6) is 0.511. The van der Waals surface area contributed by atoms with Crippen LogP contribution in [0.4, 0.5) is 10.1 Å². The van der Waals surface area contributed by atoms with E-state index in [2.05, 4.69) is 24.1 Å². The first-order chi connectivity index (χ1) is 8.20. The van der Waals surface area contributed by atoms with E-state index in [0.29, 0.717) is 12.0 Å². The fourth-order valence-electron chi connectivity index (χ4n) is 2.54. The van der Waals surface area contributed by atoms with Crippen LogP contribution in [0.15, 0.2) is 24.3 Å². The van der Waals surface area contributed by atoms with Crippen LogP contribution in [-0.2, 0) is 0 Å². The van der Waals surface area contributed by atoms with Crippen LogP contribution >= 0.6 is 0 Å². The molecule has 0 spiro atoms. The van der Waals surface area contributed by atoms with Crippen LogP contribution in [0.1, 0.15) is 20.3 Å². The fourth-order valence-corrected chi connectivity index (χ4v) is 2.54. The molecule has 17 heavy (non-hydrogen) atoms. The number of hydrogen-bond donors (Lipinski definition) is 1. The van der Waals surface area contributed by atoms with E-state index < -0.39 is 0 Å². The van der Waals surface area contributed by atoms with E-state index in [0.717, 1.165) is 25.3 Å². The maximum absolute atomic E-state index is 13.2. The number of benzene rings is 1. The minimum atomic E-state index is -0.154. The molecule has 1 saturated heterocycles. The summed E-state index contributed by atoms with van der Waals surface area (Å²) < 4.78 is 13.2. The molecule has 2 nitrogen and oxygen atoms in total. The molecule has 1 N–H and O–H groups in total. The highest BCUT2D eigenvalue weighted by atomic mass is 19.1. The van der Waals surface area contributed by atoms with Crippen molar-refractivity contribution in [2.24, 2.45) is 5.92 Å². The summed E-state index contributed by atoms with van der Waals surface area (Å²) in [5, 5.41) is 3.46. The second-order valence-corrected chi connectivity index (χ2v) is 4.81. The molecule has 0 radical (unpaired) electrons. The molecule has 2 rings (SSSR count). The minimum absolute atomic E-state index is 0.154. The molecule has 1 aromatic carbocycles. The van der Waals surface area contributed by atoms with Crippen LogP contribution in [0.5, 0.6) is 0 Å². The molecule has 1 aliphatic rings. The SMILES string of the molecule is CCN(CC1CCNC1C)c1cccc(F)c1. The fraction of sp³-hybridized carbons (Fsp3) is 0.571. The average Bonchev–Trinajstić information content (AvgIpc) is 2.71. The summed E-state index contributed by atoms with van der Waals surface area (Å²) in [6.07, 6.45) is 1.22. The van der Waals surface area contributed by atoms with Crippen molar-refractivity contribution >= 4 is 5.69 Å². The third-order valence-corrected chi connectivity index (χ3v) is 3.70. The molecule has 2 unspecified atom stereocenters. The summed E-state index contributed by atoms with van der Waals surface area (Å²) in [7, 11) is 0. The Morgan fingerprint density at radius 2 is 2.29 bits per heavy atom. The van der Waals surface area contributed by atoms with Gasteiger partial charge in [-0.25, -0.2) is 4.39 Å². The smallest absolute Gasteiger partial charge is 0.125 e. The highest BCUT2D eigenvalue weighted by Gasteiger charge is 2.24. The molecule has 1 aromatic rings. The van der Waals surface area contributed by atoms with Gasteiger partial charge < -0.3 is 10.2 Å². The number of nitrogens with zero attached hydrogens (tertiary/aromatic N) is 1. The summed E-state index contributed by atoms with van der Waals surface area (Å²) in [6.45, 7) is 7.39. The van der Waals surface area contributed by atoms with Gasteiger partial charge in [-0.3, -0.25) is 0 Å². The standard InChI is InChI=1S/C14H21FN2/c1-3-17(10-12-7-8-16-11(12)2)14-6-4-5-13(15)9-14/h4-6,9,11-12,16H,3,7-8,10H2,1-2H3. The highest BCUT2D eigenvalue weighted by Crippen LogP contribution is 2.21. The van der Waals surface area contributed by atoms with Gasteiger partial charge in [0.15, 0.2) is 0 Å². The molecule has 1 fully saturated rings. The first kappa shape index (κ1) is 12.4. The van der Waals surface area contributed by atoms with E-state index in [1.54, 1.807) is 12.1 Å².